The Bertz CT molecular complexity index is 1520. The van der Waals surface area contributed by atoms with E-state index in [-0.39, 0.29) is 11.9 Å². The lowest BCUT2D eigenvalue weighted by Gasteiger charge is -2.09. The first kappa shape index (κ1) is 22.9. The summed E-state index contributed by atoms with van der Waals surface area (Å²) < 4.78 is 13.3. The molecule has 0 saturated carbocycles. The number of amides is 1. The minimum absolute atomic E-state index is 0.156. The van der Waals surface area contributed by atoms with Crippen molar-refractivity contribution in [3.8, 4) is 17.2 Å². The monoisotopic (exact) mass is 483 g/mol. The van der Waals surface area contributed by atoms with Gasteiger partial charge in [-0.25, -0.2) is 9.67 Å². The van der Waals surface area contributed by atoms with Gasteiger partial charge in [-0.2, -0.15) is 10.1 Å². The van der Waals surface area contributed by atoms with E-state index in [1.807, 2.05) is 31.2 Å². The number of fused-ring (bicyclic) bond motifs is 1. The minimum atomic E-state index is -0.240. The van der Waals surface area contributed by atoms with Crippen LogP contribution in [0.3, 0.4) is 0 Å². The first-order valence-electron chi connectivity index (χ1n) is 11.4. The molecule has 0 bridgehead atoms. The number of aromatic nitrogens is 4. The summed E-state index contributed by atoms with van der Waals surface area (Å²) in [6.45, 7) is 2.91. The van der Waals surface area contributed by atoms with Gasteiger partial charge in [-0.05, 0) is 55.5 Å². The summed E-state index contributed by atoms with van der Waals surface area (Å²) in [5.41, 5.74) is 14.7. The number of anilines is 3. The summed E-state index contributed by atoms with van der Waals surface area (Å²) in [5.74, 6) is 1.99. The van der Waals surface area contributed by atoms with Crippen molar-refractivity contribution in [2.24, 2.45) is 0 Å². The van der Waals surface area contributed by atoms with Crippen LogP contribution in [0.15, 0.2) is 71.3 Å². The van der Waals surface area contributed by atoms with Crippen molar-refractivity contribution < 1.29 is 13.9 Å². The number of furan rings is 1. The van der Waals surface area contributed by atoms with Crippen LogP contribution in [0.4, 0.5) is 17.3 Å². The highest BCUT2D eigenvalue weighted by Crippen LogP contribution is 2.28. The standard InChI is InChI=1S/C26H25N7O3/c1-16-7-12-22(36-16)23-19-15-29-33(24(19)32-26(28)31-23)13-4-14-35-18-10-8-17(9-11-18)25(34)30-21-6-3-2-5-20(21)27/h2-3,5-12,15H,4,13-14,27H2,1H3,(H,30,34)(H2,28,31,32). The van der Waals surface area contributed by atoms with Crippen LogP contribution in [0.5, 0.6) is 5.75 Å². The van der Waals surface area contributed by atoms with Crippen molar-refractivity contribution >= 4 is 34.3 Å². The number of benzene rings is 2. The molecule has 182 valence electrons. The van der Waals surface area contributed by atoms with Crippen LogP contribution in [-0.2, 0) is 6.54 Å². The molecular weight excluding hydrogens is 458 g/mol. The molecule has 0 saturated heterocycles. The van der Waals surface area contributed by atoms with E-state index in [0.717, 1.165) is 11.1 Å². The van der Waals surface area contributed by atoms with Crippen LogP contribution in [0.1, 0.15) is 22.5 Å². The number of rotatable bonds is 8. The molecular formula is C26H25N7O3. The van der Waals surface area contributed by atoms with E-state index in [4.69, 9.17) is 20.6 Å². The summed E-state index contributed by atoms with van der Waals surface area (Å²) in [6.07, 6.45) is 2.40. The van der Waals surface area contributed by atoms with E-state index in [1.54, 1.807) is 47.3 Å². The molecule has 5 rings (SSSR count). The zero-order valence-electron chi connectivity index (χ0n) is 19.6. The Balaban J connectivity index is 1.18. The zero-order chi connectivity index (χ0) is 25.1. The van der Waals surface area contributed by atoms with Gasteiger partial charge in [-0.1, -0.05) is 12.1 Å². The summed E-state index contributed by atoms with van der Waals surface area (Å²) >= 11 is 0. The van der Waals surface area contributed by atoms with Gasteiger partial charge >= 0.3 is 0 Å². The van der Waals surface area contributed by atoms with Gasteiger partial charge in [0, 0.05) is 18.5 Å². The topological polar surface area (TPSA) is 147 Å². The van der Waals surface area contributed by atoms with E-state index in [9.17, 15) is 4.79 Å². The second-order valence-electron chi connectivity index (χ2n) is 8.21. The Morgan fingerprint density at radius 1 is 1.06 bits per heavy atom. The molecule has 1 amide bonds. The Morgan fingerprint density at radius 2 is 1.86 bits per heavy atom. The molecule has 0 aliphatic rings. The third kappa shape index (κ3) is 4.83. The van der Waals surface area contributed by atoms with Crippen LogP contribution in [0.25, 0.3) is 22.5 Å². The molecule has 3 aromatic heterocycles. The quantitative estimate of drug-likeness (QED) is 0.219. The van der Waals surface area contributed by atoms with Gasteiger partial charge in [0.25, 0.3) is 5.91 Å². The maximum Gasteiger partial charge on any atom is 0.255 e. The number of hydrogen-bond donors (Lipinski definition) is 3. The molecule has 2 aromatic carbocycles. The third-order valence-corrected chi connectivity index (χ3v) is 5.60. The third-order valence-electron chi connectivity index (χ3n) is 5.60. The van der Waals surface area contributed by atoms with Gasteiger partial charge in [-0.3, -0.25) is 4.79 Å². The van der Waals surface area contributed by atoms with Gasteiger partial charge < -0.3 is 25.9 Å². The number of ether oxygens (including phenoxy) is 1. The van der Waals surface area contributed by atoms with Crippen molar-refractivity contribution in [2.45, 2.75) is 19.9 Å². The van der Waals surface area contributed by atoms with Crippen LogP contribution < -0.4 is 21.5 Å². The van der Waals surface area contributed by atoms with Gasteiger partial charge in [0.1, 0.15) is 17.2 Å². The van der Waals surface area contributed by atoms with E-state index >= 15 is 0 Å². The molecule has 3 heterocycles. The second kappa shape index (κ2) is 9.79. The molecule has 0 unspecified atom stereocenters. The minimum Gasteiger partial charge on any atom is -0.494 e. The fourth-order valence-corrected chi connectivity index (χ4v) is 3.80. The first-order chi connectivity index (χ1) is 17.5. The number of hydrogen-bond acceptors (Lipinski definition) is 8. The zero-order valence-corrected chi connectivity index (χ0v) is 19.6. The smallest absolute Gasteiger partial charge is 0.255 e. The lowest BCUT2D eigenvalue weighted by atomic mass is 10.2. The molecule has 5 N–H and O–H groups in total. The van der Waals surface area contributed by atoms with Gasteiger partial charge in [0.15, 0.2) is 11.4 Å². The molecule has 5 aromatic rings. The maximum absolute atomic E-state index is 12.5. The molecule has 0 spiro atoms. The summed E-state index contributed by atoms with van der Waals surface area (Å²) in [7, 11) is 0. The Kier molecular flexibility index (Phi) is 6.23. The largest absolute Gasteiger partial charge is 0.494 e. The highest BCUT2D eigenvalue weighted by atomic mass is 16.5. The number of nitrogens with one attached hydrogen (secondary N) is 1. The molecule has 10 nitrogen and oxygen atoms in total. The van der Waals surface area contributed by atoms with Crippen LogP contribution in [0, 0.1) is 6.92 Å². The van der Waals surface area contributed by atoms with E-state index in [0.29, 0.717) is 59.4 Å². The predicted molar refractivity (Wildman–Crippen MR) is 138 cm³/mol. The number of carbonyl (C=O) groups is 1. The van der Waals surface area contributed by atoms with Crippen molar-refractivity contribution in [3.05, 3.63) is 78.2 Å². The summed E-state index contributed by atoms with van der Waals surface area (Å²) in [5, 5.41) is 8.03. The number of nitrogen functional groups attached to an aromatic ring is 2. The first-order valence-corrected chi connectivity index (χ1v) is 11.4. The fourth-order valence-electron chi connectivity index (χ4n) is 3.80. The predicted octanol–water partition coefficient (Wildman–Crippen LogP) is 4.28. The van der Waals surface area contributed by atoms with Crippen LogP contribution in [0.2, 0.25) is 0 Å². The Morgan fingerprint density at radius 3 is 2.61 bits per heavy atom. The Labute approximate surface area is 206 Å². The molecule has 36 heavy (non-hydrogen) atoms. The summed E-state index contributed by atoms with van der Waals surface area (Å²) in [6, 6.07) is 17.8. The summed E-state index contributed by atoms with van der Waals surface area (Å²) in [4.78, 5) is 21.2. The Hall–Kier alpha value is -4.86. The SMILES string of the molecule is Cc1ccc(-c2nc(N)nc3c2cnn3CCCOc2ccc(C(=O)Nc3ccccc3N)cc2)o1. The van der Waals surface area contributed by atoms with Crippen molar-refractivity contribution in [3.63, 3.8) is 0 Å². The number of carbonyl (C=O) groups excluding carboxylic acids is 1. The van der Waals surface area contributed by atoms with E-state index in [1.165, 1.54) is 0 Å². The number of para-hydroxylation sites is 2. The molecule has 0 radical (unpaired) electrons. The normalized spacial score (nSPS) is 11.0. The molecule has 0 fully saturated rings. The van der Waals surface area contributed by atoms with E-state index < -0.39 is 0 Å². The van der Waals surface area contributed by atoms with Crippen molar-refractivity contribution in [2.75, 3.05) is 23.4 Å². The number of aryl methyl sites for hydroxylation is 2. The number of nitrogens with zero attached hydrogens (tertiary/aromatic N) is 4. The molecule has 0 aliphatic heterocycles. The van der Waals surface area contributed by atoms with Crippen LogP contribution >= 0.6 is 0 Å². The van der Waals surface area contributed by atoms with Gasteiger partial charge in [0.05, 0.1) is 29.6 Å². The highest BCUT2D eigenvalue weighted by Gasteiger charge is 2.16. The lowest BCUT2D eigenvalue weighted by molar-refractivity contribution is 0.102. The molecule has 0 atom stereocenters. The highest BCUT2D eigenvalue weighted by molar-refractivity contribution is 6.05. The second-order valence-corrected chi connectivity index (χ2v) is 8.21. The molecule has 10 heteroatoms. The average molecular weight is 484 g/mol. The molecule has 0 aliphatic carbocycles. The van der Waals surface area contributed by atoms with Gasteiger partial charge in [-0.15, -0.1) is 0 Å². The fraction of sp³-hybridized carbons (Fsp3) is 0.154. The lowest BCUT2D eigenvalue weighted by Crippen LogP contribution is -2.13. The van der Waals surface area contributed by atoms with Crippen molar-refractivity contribution in [1.29, 1.82) is 0 Å². The number of nitrogens with two attached hydrogens (primary N) is 2. The average Bonchev–Trinajstić information content (AvgIpc) is 3.49. The van der Waals surface area contributed by atoms with Crippen LogP contribution in [-0.4, -0.2) is 32.3 Å². The maximum atomic E-state index is 12.5. The van der Waals surface area contributed by atoms with Gasteiger partial charge in [0.2, 0.25) is 5.95 Å². The van der Waals surface area contributed by atoms with E-state index in [2.05, 4.69) is 20.4 Å². The van der Waals surface area contributed by atoms with Crippen molar-refractivity contribution in [1.82, 2.24) is 19.7 Å².